The number of carbonyl (C=O) groups is 1. The standard InChI is InChI=1S/C16H22N2O2/c1-11-4-5-12-9-14(18-13(12)8-11)15(20)17-10-16(2,3)6-7-19/h4-5,8-9,18-19H,6-7,10H2,1-3H3,(H,17,20). The fourth-order valence-electron chi connectivity index (χ4n) is 2.17. The third kappa shape index (κ3) is 3.39. The minimum atomic E-state index is -0.107. The zero-order valence-electron chi connectivity index (χ0n) is 12.3. The lowest BCUT2D eigenvalue weighted by atomic mass is 9.90. The van der Waals surface area contributed by atoms with Gasteiger partial charge < -0.3 is 15.4 Å². The summed E-state index contributed by atoms with van der Waals surface area (Å²) in [5.74, 6) is -0.107. The number of aromatic amines is 1. The molecule has 1 amide bonds. The summed E-state index contributed by atoms with van der Waals surface area (Å²) in [6.45, 7) is 6.75. The largest absolute Gasteiger partial charge is 0.396 e. The zero-order valence-corrected chi connectivity index (χ0v) is 12.3. The predicted octanol–water partition coefficient (Wildman–Crippen LogP) is 2.61. The second kappa shape index (κ2) is 5.67. The number of aryl methyl sites for hydroxylation is 1. The van der Waals surface area contributed by atoms with E-state index >= 15 is 0 Å². The Hall–Kier alpha value is -1.81. The Kier molecular flexibility index (Phi) is 4.14. The SMILES string of the molecule is Cc1ccc2cc(C(=O)NCC(C)(C)CCO)[nH]c2c1. The van der Waals surface area contributed by atoms with Crippen molar-refractivity contribution in [2.45, 2.75) is 27.2 Å². The number of hydrogen-bond donors (Lipinski definition) is 3. The van der Waals surface area contributed by atoms with Gasteiger partial charge in [-0.25, -0.2) is 0 Å². The summed E-state index contributed by atoms with van der Waals surface area (Å²) >= 11 is 0. The first kappa shape index (κ1) is 14.6. The van der Waals surface area contributed by atoms with Gasteiger partial charge in [0.2, 0.25) is 0 Å². The van der Waals surface area contributed by atoms with Crippen LogP contribution >= 0.6 is 0 Å². The van der Waals surface area contributed by atoms with Crippen molar-refractivity contribution in [2.75, 3.05) is 13.2 Å². The second-order valence-corrected chi connectivity index (χ2v) is 6.09. The van der Waals surface area contributed by atoms with Crippen LogP contribution in [0.25, 0.3) is 10.9 Å². The molecular weight excluding hydrogens is 252 g/mol. The lowest BCUT2D eigenvalue weighted by Gasteiger charge is -2.23. The molecule has 1 heterocycles. The lowest BCUT2D eigenvalue weighted by molar-refractivity contribution is 0.0924. The Labute approximate surface area is 119 Å². The summed E-state index contributed by atoms with van der Waals surface area (Å²) in [4.78, 5) is 15.3. The highest BCUT2D eigenvalue weighted by molar-refractivity contribution is 5.98. The Balaban J connectivity index is 2.08. The number of fused-ring (bicyclic) bond motifs is 1. The number of aliphatic hydroxyl groups is 1. The maximum absolute atomic E-state index is 12.1. The van der Waals surface area contributed by atoms with Gasteiger partial charge in [0.1, 0.15) is 5.69 Å². The Morgan fingerprint density at radius 2 is 2.10 bits per heavy atom. The van der Waals surface area contributed by atoms with E-state index in [1.165, 1.54) is 0 Å². The molecule has 1 aromatic heterocycles. The number of rotatable bonds is 5. The smallest absolute Gasteiger partial charge is 0.267 e. The summed E-state index contributed by atoms with van der Waals surface area (Å²) in [5, 5.41) is 12.9. The van der Waals surface area contributed by atoms with Crippen molar-refractivity contribution in [3.63, 3.8) is 0 Å². The quantitative estimate of drug-likeness (QED) is 0.784. The highest BCUT2D eigenvalue weighted by Gasteiger charge is 2.19. The van der Waals surface area contributed by atoms with Crippen LogP contribution in [-0.2, 0) is 0 Å². The minimum absolute atomic E-state index is 0.104. The fraction of sp³-hybridized carbons (Fsp3) is 0.438. The van der Waals surface area contributed by atoms with Crippen LogP contribution in [-0.4, -0.2) is 29.1 Å². The third-order valence-electron chi connectivity index (χ3n) is 3.54. The molecule has 3 N–H and O–H groups in total. The van der Waals surface area contributed by atoms with Crippen molar-refractivity contribution in [1.82, 2.24) is 10.3 Å². The Morgan fingerprint density at radius 1 is 1.35 bits per heavy atom. The molecule has 0 saturated heterocycles. The molecule has 20 heavy (non-hydrogen) atoms. The van der Waals surface area contributed by atoms with E-state index < -0.39 is 0 Å². The molecule has 108 valence electrons. The number of H-pyrrole nitrogens is 1. The monoisotopic (exact) mass is 274 g/mol. The first-order chi connectivity index (χ1) is 9.41. The molecule has 0 aliphatic carbocycles. The van der Waals surface area contributed by atoms with E-state index in [-0.39, 0.29) is 17.9 Å². The normalized spacial score (nSPS) is 11.8. The molecule has 0 radical (unpaired) electrons. The van der Waals surface area contributed by atoms with E-state index in [1.807, 2.05) is 45.0 Å². The first-order valence-corrected chi connectivity index (χ1v) is 6.90. The van der Waals surface area contributed by atoms with Gasteiger partial charge in [-0.3, -0.25) is 4.79 Å². The van der Waals surface area contributed by atoms with Crippen molar-refractivity contribution in [1.29, 1.82) is 0 Å². The highest BCUT2D eigenvalue weighted by Crippen LogP contribution is 2.19. The summed E-state index contributed by atoms with van der Waals surface area (Å²) in [5.41, 5.74) is 2.61. The topological polar surface area (TPSA) is 65.1 Å². The molecular formula is C16H22N2O2. The van der Waals surface area contributed by atoms with Crippen LogP contribution < -0.4 is 5.32 Å². The summed E-state index contributed by atoms with van der Waals surface area (Å²) < 4.78 is 0. The molecule has 0 aliphatic heterocycles. The van der Waals surface area contributed by atoms with Crippen LogP contribution in [0, 0.1) is 12.3 Å². The number of aliphatic hydroxyl groups excluding tert-OH is 1. The van der Waals surface area contributed by atoms with E-state index in [0.29, 0.717) is 18.7 Å². The average molecular weight is 274 g/mol. The van der Waals surface area contributed by atoms with Crippen molar-refractivity contribution < 1.29 is 9.90 Å². The average Bonchev–Trinajstić information content (AvgIpc) is 2.79. The molecule has 0 unspecified atom stereocenters. The Morgan fingerprint density at radius 3 is 2.80 bits per heavy atom. The Bertz CT molecular complexity index is 614. The molecule has 0 atom stereocenters. The lowest BCUT2D eigenvalue weighted by Crippen LogP contribution is -2.34. The van der Waals surface area contributed by atoms with Gasteiger partial charge >= 0.3 is 0 Å². The van der Waals surface area contributed by atoms with E-state index in [0.717, 1.165) is 16.5 Å². The van der Waals surface area contributed by atoms with Gasteiger partial charge in [-0.15, -0.1) is 0 Å². The molecule has 4 heteroatoms. The number of carbonyl (C=O) groups excluding carboxylic acids is 1. The summed E-state index contributed by atoms with van der Waals surface area (Å²) in [6.07, 6.45) is 0.666. The van der Waals surface area contributed by atoms with Gasteiger partial charge in [0.25, 0.3) is 5.91 Å². The van der Waals surface area contributed by atoms with Crippen LogP contribution in [0.5, 0.6) is 0 Å². The molecule has 0 fully saturated rings. The van der Waals surface area contributed by atoms with Crippen LogP contribution in [0.1, 0.15) is 36.3 Å². The van der Waals surface area contributed by atoms with E-state index in [9.17, 15) is 4.79 Å². The van der Waals surface area contributed by atoms with Gasteiger partial charge in [0.15, 0.2) is 0 Å². The van der Waals surface area contributed by atoms with Gasteiger partial charge in [0.05, 0.1) is 0 Å². The summed E-state index contributed by atoms with van der Waals surface area (Å²) in [7, 11) is 0. The molecule has 2 aromatic rings. The van der Waals surface area contributed by atoms with E-state index in [4.69, 9.17) is 5.11 Å². The van der Waals surface area contributed by atoms with Crippen molar-refractivity contribution >= 4 is 16.8 Å². The molecule has 2 rings (SSSR count). The second-order valence-electron chi connectivity index (χ2n) is 6.09. The molecule has 1 aromatic carbocycles. The number of aromatic nitrogens is 1. The van der Waals surface area contributed by atoms with Crippen molar-refractivity contribution in [2.24, 2.45) is 5.41 Å². The van der Waals surface area contributed by atoms with Crippen LogP contribution in [0.15, 0.2) is 24.3 Å². The van der Waals surface area contributed by atoms with Crippen molar-refractivity contribution in [3.8, 4) is 0 Å². The molecule has 4 nitrogen and oxygen atoms in total. The first-order valence-electron chi connectivity index (χ1n) is 6.90. The highest BCUT2D eigenvalue weighted by atomic mass is 16.3. The maximum atomic E-state index is 12.1. The van der Waals surface area contributed by atoms with E-state index in [1.54, 1.807) is 0 Å². The predicted molar refractivity (Wildman–Crippen MR) is 80.9 cm³/mol. The van der Waals surface area contributed by atoms with Crippen LogP contribution in [0.3, 0.4) is 0 Å². The third-order valence-corrected chi connectivity index (χ3v) is 3.54. The molecule has 0 spiro atoms. The van der Waals surface area contributed by atoms with Crippen LogP contribution in [0.4, 0.5) is 0 Å². The van der Waals surface area contributed by atoms with Gasteiger partial charge in [-0.1, -0.05) is 26.0 Å². The number of benzene rings is 1. The van der Waals surface area contributed by atoms with Gasteiger partial charge in [-0.2, -0.15) is 0 Å². The van der Waals surface area contributed by atoms with Gasteiger partial charge in [-0.05, 0) is 36.5 Å². The van der Waals surface area contributed by atoms with E-state index in [2.05, 4.69) is 10.3 Å². The van der Waals surface area contributed by atoms with Crippen molar-refractivity contribution in [3.05, 3.63) is 35.5 Å². The maximum Gasteiger partial charge on any atom is 0.267 e. The fourth-order valence-corrected chi connectivity index (χ4v) is 2.17. The molecule has 0 saturated carbocycles. The summed E-state index contributed by atoms with van der Waals surface area (Å²) in [6, 6.07) is 7.93. The number of nitrogens with one attached hydrogen (secondary N) is 2. The number of amides is 1. The zero-order chi connectivity index (χ0) is 14.8. The number of hydrogen-bond acceptors (Lipinski definition) is 2. The molecule has 0 aliphatic rings. The van der Waals surface area contributed by atoms with Crippen LogP contribution in [0.2, 0.25) is 0 Å². The minimum Gasteiger partial charge on any atom is -0.396 e. The molecule has 0 bridgehead atoms. The van der Waals surface area contributed by atoms with Gasteiger partial charge in [0, 0.05) is 24.1 Å².